The van der Waals surface area contributed by atoms with Gasteiger partial charge in [-0.1, -0.05) is 38.4 Å². The highest BCUT2D eigenvalue weighted by Gasteiger charge is 2.22. The number of hydrogen-bond donors (Lipinski definition) is 1. The fraction of sp³-hybridized carbons (Fsp3) is 0.625. The average Bonchev–Trinajstić information content (AvgIpc) is 2.36. The quantitative estimate of drug-likeness (QED) is 0.899. The summed E-state index contributed by atoms with van der Waals surface area (Å²) in [7, 11) is 0. The molecule has 0 spiro atoms. The highest BCUT2D eigenvalue weighted by Crippen LogP contribution is 2.29. The molecule has 19 heavy (non-hydrogen) atoms. The lowest BCUT2D eigenvalue weighted by Crippen LogP contribution is -2.38. The van der Waals surface area contributed by atoms with E-state index in [1.807, 2.05) is 0 Å². The van der Waals surface area contributed by atoms with Crippen molar-refractivity contribution in [1.82, 2.24) is 5.32 Å². The first-order valence-electron chi connectivity index (χ1n) is 7.34. The Hall–Kier alpha value is -0.730. The van der Waals surface area contributed by atoms with Gasteiger partial charge in [-0.2, -0.15) is 0 Å². The molecule has 1 heterocycles. The molecule has 0 aromatic heterocycles. The van der Waals surface area contributed by atoms with E-state index in [0.717, 1.165) is 43.0 Å². The molecule has 3 heteroatoms. The van der Waals surface area contributed by atoms with Gasteiger partial charge in [0.15, 0.2) is 0 Å². The minimum absolute atomic E-state index is 0.768. The predicted octanol–water partition coefficient (Wildman–Crippen LogP) is 3.93. The van der Waals surface area contributed by atoms with E-state index in [-0.39, 0.29) is 0 Å². The summed E-state index contributed by atoms with van der Waals surface area (Å²) in [6.45, 7) is 10.9. The van der Waals surface area contributed by atoms with Crippen molar-refractivity contribution in [2.45, 2.75) is 33.7 Å². The third-order valence-corrected chi connectivity index (χ3v) is 4.19. The van der Waals surface area contributed by atoms with E-state index in [4.69, 9.17) is 11.6 Å². The number of nitrogens with one attached hydrogen (secondary N) is 1. The Kier molecular flexibility index (Phi) is 5.12. The topological polar surface area (TPSA) is 15.3 Å². The molecule has 2 unspecified atom stereocenters. The van der Waals surface area contributed by atoms with Crippen molar-refractivity contribution in [3.8, 4) is 0 Å². The fourth-order valence-electron chi connectivity index (χ4n) is 3.01. The lowest BCUT2D eigenvalue weighted by molar-refractivity contribution is 0.357. The lowest BCUT2D eigenvalue weighted by Gasteiger charge is -2.36. The highest BCUT2D eigenvalue weighted by molar-refractivity contribution is 6.31. The molecule has 0 saturated carbocycles. The van der Waals surface area contributed by atoms with Crippen LogP contribution in [0.5, 0.6) is 0 Å². The summed E-state index contributed by atoms with van der Waals surface area (Å²) in [5.41, 5.74) is 2.45. The van der Waals surface area contributed by atoms with Gasteiger partial charge in [0.2, 0.25) is 0 Å². The molecule has 1 aromatic carbocycles. The van der Waals surface area contributed by atoms with E-state index >= 15 is 0 Å². The Morgan fingerprint density at radius 1 is 1.26 bits per heavy atom. The van der Waals surface area contributed by atoms with Crippen molar-refractivity contribution in [2.24, 2.45) is 11.8 Å². The maximum absolute atomic E-state index is 6.39. The van der Waals surface area contributed by atoms with Crippen molar-refractivity contribution in [2.75, 3.05) is 24.5 Å². The first-order chi connectivity index (χ1) is 9.10. The Balaban J connectivity index is 2.10. The number of rotatable bonds is 4. The van der Waals surface area contributed by atoms with Gasteiger partial charge in [0.25, 0.3) is 0 Å². The van der Waals surface area contributed by atoms with Crippen LogP contribution in [0, 0.1) is 11.8 Å². The smallest absolute Gasteiger partial charge is 0.0471 e. The van der Waals surface area contributed by atoms with Crippen LogP contribution in [0.2, 0.25) is 5.02 Å². The van der Waals surface area contributed by atoms with Gasteiger partial charge in [0, 0.05) is 30.3 Å². The van der Waals surface area contributed by atoms with E-state index < -0.39 is 0 Å². The molecule has 1 aliphatic rings. The van der Waals surface area contributed by atoms with Gasteiger partial charge < -0.3 is 10.2 Å². The zero-order chi connectivity index (χ0) is 13.8. The van der Waals surface area contributed by atoms with Crippen molar-refractivity contribution in [3.05, 3.63) is 28.8 Å². The first kappa shape index (κ1) is 14.7. The Bertz CT molecular complexity index is 409. The maximum atomic E-state index is 6.39. The molecule has 106 valence electrons. The summed E-state index contributed by atoms with van der Waals surface area (Å²) < 4.78 is 0. The molecule has 0 bridgehead atoms. The average molecular weight is 281 g/mol. The molecular formula is C16H25ClN2. The van der Waals surface area contributed by atoms with E-state index in [0.29, 0.717) is 0 Å². The molecule has 2 nitrogen and oxygen atoms in total. The SMILES string of the molecule is CCNCc1ccc(N2CC(C)CC(C)C2)cc1Cl. The van der Waals surface area contributed by atoms with Crippen LogP contribution in [0.1, 0.15) is 32.8 Å². The number of piperidine rings is 1. The molecule has 1 N–H and O–H groups in total. The molecule has 1 saturated heterocycles. The number of anilines is 1. The van der Waals surface area contributed by atoms with Crippen LogP contribution < -0.4 is 10.2 Å². The van der Waals surface area contributed by atoms with Crippen molar-refractivity contribution >= 4 is 17.3 Å². The third kappa shape index (κ3) is 3.87. The second-order valence-electron chi connectivity index (χ2n) is 5.91. The Morgan fingerprint density at radius 3 is 2.53 bits per heavy atom. The van der Waals surface area contributed by atoms with Gasteiger partial charge in [0.1, 0.15) is 0 Å². The van der Waals surface area contributed by atoms with E-state index in [2.05, 4.69) is 49.2 Å². The standard InChI is InChI=1S/C16H25ClN2/c1-4-18-9-14-5-6-15(8-16(14)17)19-10-12(2)7-13(3)11-19/h5-6,8,12-13,18H,4,7,9-11H2,1-3H3. The molecule has 0 amide bonds. The van der Waals surface area contributed by atoms with Crippen molar-refractivity contribution < 1.29 is 0 Å². The highest BCUT2D eigenvalue weighted by atomic mass is 35.5. The van der Waals surface area contributed by atoms with E-state index in [1.54, 1.807) is 0 Å². The second-order valence-corrected chi connectivity index (χ2v) is 6.31. The second kappa shape index (κ2) is 6.62. The number of halogens is 1. The van der Waals surface area contributed by atoms with Gasteiger partial charge in [-0.25, -0.2) is 0 Å². The molecule has 0 radical (unpaired) electrons. The summed E-state index contributed by atoms with van der Waals surface area (Å²) in [4.78, 5) is 2.47. The van der Waals surface area contributed by atoms with Gasteiger partial charge in [-0.05, 0) is 42.5 Å². The summed E-state index contributed by atoms with van der Waals surface area (Å²) in [6, 6.07) is 6.49. The monoisotopic (exact) mass is 280 g/mol. The van der Waals surface area contributed by atoms with Crippen LogP contribution >= 0.6 is 11.6 Å². The minimum Gasteiger partial charge on any atom is -0.371 e. The van der Waals surface area contributed by atoms with Crippen LogP contribution in [-0.4, -0.2) is 19.6 Å². The van der Waals surface area contributed by atoms with Crippen molar-refractivity contribution in [1.29, 1.82) is 0 Å². The predicted molar refractivity (Wildman–Crippen MR) is 84.0 cm³/mol. The first-order valence-corrected chi connectivity index (χ1v) is 7.72. The van der Waals surface area contributed by atoms with E-state index in [1.165, 1.54) is 17.7 Å². The summed E-state index contributed by atoms with van der Waals surface area (Å²) in [5, 5.41) is 4.20. The van der Waals surface area contributed by atoms with Gasteiger partial charge in [0.05, 0.1) is 0 Å². The largest absolute Gasteiger partial charge is 0.371 e. The zero-order valence-electron chi connectivity index (χ0n) is 12.2. The Labute approximate surface area is 122 Å². The fourth-order valence-corrected chi connectivity index (χ4v) is 3.25. The van der Waals surface area contributed by atoms with Crippen LogP contribution in [0.4, 0.5) is 5.69 Å². The van der Waals surface area contributed by atoms with Gasteiger partial charge in [-0.3, -0.25) is 0 Å². The van der Waals surface area contributed by atoms with Crippen LogP contribution in [-0.2, 0) is 6.54 Å². The van der Waals surface area contributed by atoms with Crippen LogP contribution in [0.15, 0.2) is 18.2 Å². The van der Waals surface area contributed by atoms with Crippen molar-refractivity contribution in [3.63, 3.8) is 0 Å². The lowest BCUT2D eigenvalue weighted by atomic mass is 9.91. The minimum atomic E-state index is 0.768. The molecular weight excluding hydrogens is 256 g/mol. The normalized spacial score (nSPS) is 23.7. The molecule has 1 aromatic rings. The molecule has 1 fully saturated rings. The third-order valence-electron chi connectivity index (χ3n) is 3.84. The van der Waals surface area contributed by atoms with E-state index in [9.17, 15) is 0 Å². The molecule has 2 rings (SSSR count). The molecule has 1 aliphatic heterocycles. The van der Waals surface area contributed by atoms with Crippen LogP contribution in [0.3, 0.4) is 0 Å². The zero-order valence-corrected chi connectivity index (χ0v) is 13.0. The van der Waals surface area contributed by atoms with Crippen LogP contribution in [0.25, 0.3) is 0 Å². The van der Waals surface area contributed by atoms with Gasteiger partial charge in [-0.15, -0.1) is 0 Å². The van der Waals surface area contributed by atoms with Gasteiger partial charge >= 0.3 is 0 Å². The summed E-state index contributed by atoms with van der Waals surface area (Å²) >= 11 is 6.39. The maximum Gasteiger partial charge on any atom is 0.0471 e. The number of benzene rings is 1. The molecule has 2 atom stereocenters. The Morgan fingerprint density at radius 2 is 1.95 bits per heavy atom. The number of hydrogen-bond acceptors (Lipinski definition) is 2. The summed E-state index contributed by atoms with van der Waals surface area (Å²) in [6.07, 6.45) is 1.34. The number of nitrogens with zero attached hydrogens (tertiary/aromatic N) is 1. The molecule has 0 aliphatic carbocycles. The summed E-state index contributed by atoms with van der Waals surface area (Å²) in [5.74, 6) is 1.54.